The van der Waals surface area contributed by atoms with E-state index in [1.807, 2.05) is 71.8 Å². The van der Waals surface area contributed by atoms with E-state index >= 15 is 0 Å². The molecular formula is C27H32BrN3O3S. The third-order valence-corrected chi connectivity index (χ3v) is 6.98. The lowest BCUT2D eigenvalue weighted by atomic mass is 10.2. The molecule has 35 heavy (non-hydrogen) atoms. The van der Waals surface area contributed by atoms with E-state index in [9.17, 15) is 9.59 Å². The first kappa shape index (κ1) is 26.9. The topological polar surface area (TPSA) is 61.9 Å². The van der Waals surface area contributed by atoms with Crippen molar-refractivity contribution in [1.29, 1.82) is 0 Å². The Morgan fingerprint density at radius 1 is 1.03 bits per heavy atom. The van der Waals surface area contributed by atoms with Crippen LogP contribution in [0.25, 0.3) is 0 Å². The van der Waals surface area contributed by atoms with Crippen molar-refractivity contribution in [3.05, 3.63) is 86.5 Å². The van der Waals surface area contributed by atoms with Crippen molar-refractivity contribution in [1.82, 2.24) is 9.80 Å². The summed E-state index contributed by atoms with van der Waals surface area (Å²) in [6.07, 6.45) is 0.649. The Bertz CT molecular complexity index is 1090. The van der Waals surface area contributed by atoms with Gasteiger partial charge in [-0.3, -0.25) is 4.79 Å². The zero-order valence-electron chi connectivity index (χ0n) is 20.2. The lowest BCUT2D eigenvalue weighted by molar-refractivity contribution is -0.133. The van der Waals surface area contributed by atoms with Crippen LogP contribution in [0, 0.1) is 6.92 Å². The maximum absolute atomic E-state index is 13.6. The van der Waals surface area contributed by atoms with Gasteiger partial charge in [0.15, 0.2) is 0 Å². The molecular weight excluding hydrogens is 526 g/mol. The van der Waals surface area contributed by atoms with Crippen LogP contribution in [-0.4, -0.2) is 48.0 Å². The van der Waals surface area contributed by atoms with Crippen LogP contribution in [0.3, 0.4) is 0 Å². The Kier molecular flexibility index (Phi) is 10.8. The third kappa shape index (κ3) is 8.80. The number of hydrogen-bond donors (Lipinski definition) is 1. The summed E-state index contributed by atoms with van der Waals surface area (Å²) in [7, 11) is 0. The molecule has 0 saturated heterocycles. The number of benzene rings is 2. The predicted octanol–water partition coefficient (Wildman–Crippen LogP) is 6.31. The molecule has 186 valence electrons. The van der Waals surface area contributed by atoms with E-state index in [1.54, 1.807) is 16.2 Å². The van der Waals surface area contributed by atoms with Crippen molar-refractivity contribution in [2.24, 2.45) is 0 Å². The molecule has 3 aromatic rings. The number of nitrogens with one attached hydrogen (secondary N) is 1. The van der Waals surface area contributed by atoms with Crippen molar-refractivity contribution >= 4 is 44.9 Å². The molecule has 0 radical (unpaired) electrons. The molecule has 0 fully saturated rings. The van der Waals surface area contributed by atoms with Crippen LogP contribution in [0.4, 0.5) is 10.5 Å². The van der Waals surface area contributed by atoms with Gasteiger partial charge >= 0.3 is 6.03 Å². The van der Waals surface area contributed by atoms with Gasteiger partial charge < -0.3 is 19.9 Å². The minimum Gasteiger partial charge on any atom is -0.382 e. The molecule has 6 nitrogen and oxygen atoms in total. The standard InChI is InChI=1S/C27H32BrN3O3S/c1-3-34-15-8-14-30(27(33)29-24-12-7-11-23(28)17-24)20-26(32)31(18-22-9-5-4-6-10-22)19-25-21(2)13-16-35-25/h4-7,9-13,16-17H,3,8,14-15,18-20H2,1-2H3,(H,29,33). The Labute approximate surface area is 220 Å². The van der Waals surface area contributed by atoms with E-state index in [0.29, 0.717) is 45.0 Å². The Morgan fingerprint density at radius 3 is 2.51 bits per heavy atom. The summed E-state index contributed by atoms with van der Waals surface area (Å²) in [4.78, 5) is 31.3. The van der Waals surface area contributed by atoms with Crippen LogP contribution in [0.15, 0.2) is 70.5 Å². The first-order chi connectivity index (χ1) is 17.0. The molecule has 1 N–H and O–H groups in total. The molecule has 0 bridgehead atoms. The monoisotopic (exact) mass is 557 g/mol. The summed E-state index contributed by atoms with van der Waals surface area (Å²) in [5.74, 6) is -0.0949. The maximum atomic E-state index is 13.6. The Hall–Kier alpha value is -2.68. The molecule has 0 unspecified atom stereocenters. The largest absolute Gasteiger partial charge is 0.382 e. The van der Waals surface area contributed by atoms with Crippen molar-refractivity contribution < 1.29 is 14.3 Å². The average Bonchev–Trinajstić information content (AvgIpc) is 3.25. The van der Waals surface area contributed by atoms with Gasteiger partial charge in [0.2, 0.25) is 5.91 Å². The fraction of sp³-hybridized carbons (Fsp3) is 0.333. The van der Waals surface area contributed by atoms with E-state index in [1.165, 1.54) is 5.56 Å². The molecule has 0 saturated carbocycles. The van der Waals surface area contributed by atoms with Crippen LogP contribution in [0.2, 0.25) is 0 Å². The third-order valence-electron chi connectivity index (χ3n) is 5.48. The van der Waals surface area contributed by atoms with Crippen molar-refractivity contribution in [2.75, 3.05) is 31.6 Å². The minimum atomic E-state index is -0.306. The zero-order valence-corrected chi connectivity index (χ0v) is 22.6. The molecule has 2 aromatic carbocycles. The van der Waals surface area contributed by atoms with E-state index in [4.69, 9.17) is 4.74 Å². The number of rotatable bonds is 12. The summed E-state index contributed by atoms with van der Waals surface area (Å²) in [5, 5.41) is 4.96. The number of ether oxygens (including phenoxy) is 1. The smallest absolute Gasteiger partial charge is 0.322 e. The lowest BCUT2D eigenvalue weighted by Gasteiger charge is -2.28. The minimum absolute atomic E-state index is 0.0107. The van der Waals surface area contributed by atoms with E-state index in [-0.39, 0.29) is 18.5 Å². The Balaban J connectivity index is 1.75. The van der Waals surface area contributed by atoms with Gasteiger partial charge in [0.25, 0.3) is 0 Å². The number of aryl methyl sites for hydroxylation is 1. The first-order valence-corrected chi connectivity index (χ1v) is 13.4. The number of carbonyl (C=O) groups is 2. The highest BCUT2D eigenvalue weighted by Crippen LogP contribution is 2.20. The van der Waals surface area contributed by atoms with E-state index in [0.717, 1.165) is 14.9 Å². The average molecular weight is 559 g/mol. The number of amides is 3. The van der Waals surface area contributed by atoms with Crippen LogP contribution in [-0.2, 0) is 22.6 Å². The first-order valence-electron chi connectivity index (χ1n) is 11.7. The predicted molar refractivity (Wildman–Crippen MR) is 146 cm³/mol. The number of nitrogens with zero attached hydrogens (tertiary/aromatic N) is 2. The number of urea groups is 1. The fourth-order valence-corrected chi connectivity index (χ4v) is 4.88. The van der Waals surface area contributed by atoms with Gasteiger partial charge in [-0.15, -0.1) is 11.3 Å². The van der Waals surface area contributed by atoms with Gasteiger partial charge in [0, 0.05) is 41.3 Å². The van der Waals surface area contributed by atoms with Crippen LogP contribution < -0.4 is 5.32 Å². The van der Waals surface area contributed by atoms with Gasteiger partial charge in [-0.05, 0) is 61.0 Å². The highest BCUT2D eigenvalue weighted by Gasteiger charge is 2.23. The second-order valence-electron chi connectivity index (χ2n) is 8.17. The quantitative estimate of drug-likeness (QED) is 0.265. The van der Waals surface area contributed by atoms with Crippen molar-refractivity contribution in [2.45, 2.75) is 33.4 Å². The molecule has 0 aliphatic heterocycles. The van der Waals surface area contributed by atoms with Crippen molar-refractivity contribution in [3.8, 4) is 0 Å². The number of carbonyl (C=O) groups excluding carboxylic acids is 2. The molecule has 1 aromatic heterocycles. The van der Waals surface area contributed by atoms with E-state index in [2.05, 4.69) is 34.2 Å². The molecule has 8 heteroatoms. The summed E-state index contributed by atoms with van der Waals surface area (Å²) >= 11 is 5.08. The Morgan fingerprint density at radius 2 is 1.83 bits per heavy atom. The van der Waals surface area contributed by atoms with Gasteiger partial charge in [0.1, 0.15) is 6.54 Å². The summed E-state index contributed by atoms with van der Waals surface area (Å²) < 4.78 is 6.32. The summed E-state index contributed by atoms with van der Waals surface area (Å²) in [6, 6.07) is 19.1. The van der Waals surface area contributed by atoms with Crippen LogP contribution in [0.5, 0.6) is 0 Å². The second-order valence-corrected chi connectivity index (χ2v) is 10.1. The molecule has 0 aliphatic carbocycles. The summed E-state index contributed by atoms with van der Waals surface area (Å²) in [5.41, 5.74) is 2.89. The van der Waals surface area contributed by atoms with Crippen molar-refractivity contribution in [3.63, 3.8) is 0 Å². The lowest BCUT2D eigenvalue weighted by Crippen LogP contribution is -2.44. The van der Waals surface area contributed by atoms with Crippen LogP contribution >= 0.6 is 27.3 Å². The molecule has 3 amide bonds. The molecule has 0 spiro atoms. The highest BCUT2D eigenvalue weighted by atomic mass is 79.9. The summed E-state index contributed by atoms with van der Waals surface area (Å²) in [6.45, 7) is 6.56. The molecule has 1 heterocycles. The normalized spacial score (nSPS) is 10.7. The van der Waals surface area contributed by atoms with Gasteiger partial charge in [-0.25, -0.2) is 4.79 Å². The number of halogens is 1. The molecule has 0 aliphatic rings. The van der Waals surface area contributed by atoms with Crippen LogP contribution in [0.1, 0.15) is 29.3 Å². The van der Waals surface area contributed by atoms with Gasteiger partial charge in [-0.1, -0.05) is 52.3 Å². The highest BCUT2D eigenvalue weighted by molar-refractivity contribution is 9.10. The number of anilines is 1. The zero-order chi connectivity index (χ0) is 25.0. The number of hydrogen-bond acceptors (Lipinski definition) is 4. The molecule has 0 atom stereocenters. The van der Waals surface area contributed by atoms with Gasteiger partial charge in [-0.2, -0.15) is 0 Å². The number of thiophene rings is 1. The molecule has 3 rings (SSSR count). The van der Waals surface area contributed by atoms with E-state index < -0.39 is 0 Å². The fourth-order valence-electron chi connectivity index (χ4n) is 3.56. The van der Waals surface area contributed by atoms with Gasteiger partial charge in [0.05, 0.1) is 6.54 Å². The SMILES string of the molecule is CCOCCCN(CC(=O)N(Cc1ccccc1)Cc1sccc1C)C(=O)Nc1cccc(Br)c1. The maximum Gasteiger partial charge on any atom is 0.322 e. The second kappa shape index (κ2) is 14.0.